The molecule has 1 unspecified atom stereocenters. The third-order valence-corrected chi connectivity index (χ3v) is 4.62. The van der Waals surface area contributed by atoms with Crippen LogP contribution in [0.2, 0.25) is 0 Å². The van der Waals surface area contributed by atoms with Crippen molar-refractivity contribution in [1.29, 1.82) is 0 Å². The first-order valence-electron chi connectivity index (χ1n) is 9.16. The molecule has 0 saturated heterocycles. The number of benzene rings is 3. The van der Waals surface area contributed by atoms with E-state index in [0.717, 1.165) is 12.0 Å². The molecule has 0 bridgehead atoms. The Labute approximate surface area is 163 Å². The van der Waals surface area contributed by atoms with Crippen molar-refractivity contribution in [3.8, 4) is 17.2 Å². The predicted octanol–water partition coefficient (Wildman–Crippen LogP) is 4.14. The molecule has 3 aromatic carbocycles. The quantitative estimate of drug-likeness (QED) is 0.704. The van der Waals surface area contributed by atoms with Gasteiger partial charge in [0.2, 0.25) is 0 Å². The Balaban J connectivity index is 1.47. The molecule has 28 heavy (non-hydrogen) atoms. The maximum Gasteiger partial charge on any atom is 0.258 e. The molecule has 1 atom stereocenters. The molecule has 1 amide bonds. The lowest BCUT2D eigenvalue weighted by atomic mass is 10.1. The van der Waals surface area contributed by atoms with Crippen LogP contribution < -0.4 is 19.5 Å². The van der Waals surface area contributed by atoms with E-state index < -0.39 is 6.23 Å². The van der Waals surface area contributed by atoms with Crippen molar-refractivity contribution >= 4 is 5.91 Å². The van der Waals surface area contributed by atoms with Crippen LogP contribution in [-0.2, 0) is 6.42 Å². The van der Waals surface area contributed by atoms with Crippen LogP contribution in [0.25, 0.3) is 0 Å². The summed E-state index contributed by atoms with van der Waals surface area (Å²) in [5.74, 6) is 1.67. The lowest BCUT2D eigenvalue weighted by Gasteiger charge is -2.27. The van der Waals surface area contributed by atoms with Crippen LogP contribution in [0.4, 0.5) is 0 Å². The van der Waals surface area contributed by atoms with E-state index in [-0.39, 0.29) is 5.91 Å². The van der Waals surface area contributed by atoms with Crippen LogP contribution in [0.15, 0.2) is 72.8 Å². The van der Waals surface area contributed by atoms with Gasteiger partial charge in [-0.05, 0) is 35.9 Å². The van der Waals surface area contributed by atoms with Crippen LogP contribution in [0.3, 0.4) is 0 Å². The second-order valence-corrected chi connectivity index (χ2v) is 6.46. The summed E-state index contributed by atoms with van der Waals surface area (Å²) in [7, 11) is 1.60. The molecule has 5 nitrogen and oxygen atoms in total. The van der Waals surface area contributed by atoms with Crippen LogP contribution in [0.5, 0.6) is 17.2 Å². The second kappa shape index (κ2) is 8.05. The average Bonchev–Trinajstić information content (AvgIpc) is 2.74. The highest BCUT2D eigenvalue weighted by atomic mass is 16.5. The van der Waals surface area contributed by atoms with E-state index in [0.29, 0.717) is 29.4 Å². The van der Waals surface area contributed by atoms with E-state index >= 15 is 0 Å². The van der Waals surface area contributed by atoms with Gasteiger partial charge in [-0.15, -0.1) is 0 Å². The number of amides is 1. The van der Waals surface area contributed by atoms with Crippen molar-refractivity contribution < 1.29 is 19.0 Å². The molecule has 0 aromatic heterocycles. The number of methoxy groups -OCH3 is 1. The Hall–Kier alpha value is -3.47. The number of carbonyl (C=O) groups is 1. The number of nitrogens with one attached hydrogen (secondary N) is 1. The molecule has 5 heteroatoms. The monoisotopic (exact) mass is 375 g/mol. The SMILES string of the molecule is COc1cc(C2NC(=O)c3ccccc3O2)ccc1OCCc1ccccc1. The van der Waals surface area contributed by atoms with Gasteiger partial charge in [0, 0.05) is 12.0 Å². The summed E-state index contributed by atoms with van der Waals surface area (Å²) < 4.78 is 17.3. The van der Waals surface area contributed by atoms with E-state index in [9.17, 15) is 4.79 Å². The molecular formula is C23H21NO4. The number of para-hydroxylation sites is 1. The molecule has 1 N–H and O–H groups in total. The normalized spacial score (nSPS) is 15.2. The first kappa shape index (κ1) is 17.9. The van der Waals surface area contributed by atoms with Gasteiger partial charge in [-0.2, -0.15) is 0 Å². The molecule has 0 fully saturated rings. The molecule has 0 spiro atoms. The Morgan fingerprint density at radius 1 is 0.964 bits per heavy atom. The van der Waals surface area contributed by atoms with Gasteiger partial charge in [-0.3, -0.25) is 4.79 Å². The zero-order chi connectivity index (χ0) is 19.3. The molecule has 3 aromatic rings. The van der Waals surface area contributed by atoms with Crippen molar-refractivity contribution in [2.24, 2.45) is 0 Å². The van der Waals surface area contributed by atoms with E-state index in [4.69, 9.17) is 14.2 Å². The summed E-state index contributed by atoms with van der Waals surface area (Å²) in [4.78, 5) is 12.3. The van der Waals surface area contributed by atoms with Crippen molar-refractivity contribution in [2.45, 2.75) is 12.6 Å². The summed E-state index contributed by atoms with van der Waals surface area (Å²) in [6, 6.07) is 22.9. The number of hydrogen-bond donors (Lipinski definition) is 1. The highest BCUT2D eigenvalue weighted by molar-refractivity contribution is 5.98. The molecule has 1 heterocycles. The van der Waals surface area contributed by atoms with Gasteiger partial charge in [0.1, 0.15) is 5.75 Å². The highest BCUT2D eigenvalue weighted by Gasteiger charge is 2.26. The van der Waals surface area contributed by atoms with E-state index in [1.54, 1.807) is 19.2 Å². The number of fused-ring (bicyclic) bond motifs is 1. The Bertz CT molecular complexity index is 971. The molecule has 0 aliphatic carbocycles. The minimum Gasteiger partial charge on any atom is -0.493 e. The van der Waals surface area contributed by atoms with Crippen LogP contribution in [0, 0.1) is 0 Å². The van der Waals surface area contributed by atoms with Gasteiger partial charge in [0.05, 0.1) is 19.3 Å². The first-order chi connectivity index (χ1) is 13.7. The summed E-state index contributed by atoms with van der Waals surface area (Å²) in [5.41, 5.74) is 2.54. The van der Waals surface area contributed by atoms with Crippen LogP contribution in [-0.4, -0.2) is 19.6 Å². The van der Waals surface area contributed by atoms with Gasteiger partial charge < -0.3 is 19.5 Å². The number of carbonyl (C=O) groups excluding carboxylic acids is 1. The molecule has 0 radical (unpaired) electrons. The van der Waals surface area contributed by atoms with Crippen molar-refractivity contribution in [1.82, 2.24) is 5.32 Å². The minimum absolute atomic E-state index is 0.158. The Kier molecular flexibility index (Phi) is 5.15. The maximum absolute atomic E-state index is 12.3. The van der Waals surface area contributed by atoms with Crippen molar-refractivity contribution in [3.63, 3.8) is 0 Å². The van der Waals surface area contributed by atoms with Crippen molar-refractivity contribution in [3.05, 3.63) is 89.5 Å². The van der Waals surface area contributed by atoms with Gasteiger partial charge in [0.15, 0.2) is 17.7 Å². The largest absolute Gasteiger partial charge is 0.493 e. The van der Waals surface area contributed by atoms with Crippen LogP contribution in [0.1, 0.15) is 27.7 Å². The van der Waals surface area contributed by atoms with Gasteiger partial charge in [-0.25, -0.2) is 0 Å². The molecule has 4 rings (SSSR count). The summed E-state index contributed by atoms with van der Waals surface area (Å²) in [5, 5.41) is 2.87. The number of rotatable bonds is 6. The highest BCUT2D eigenvalue weighted by Crippen LogP contribution is 2.34. The third kappa shape index (κ3) is 3.78. The number of hydrogen-bond acceptors (Lipinski definition) is 4. The topological polar surface area (TPSA) is 56.8 Å². The summed E-state index contributed by atoms with van der Waals surface area (Å²) >= 11 is 0. The van der Waals surface area contributed by atoms with Gasteiger partial charge in [0.25, 0.3) is 5.91 Å². The lowest BCUT2D eigenvalue weighted by molar-refractivity contribution is 0.0755. The smallest absolute Gasteiger partial charge is 0.258 e. The van der Waals surface area contributed by atoms with E-state index in [1.807, 2.05) is 48.5 Å². The molecule has 1 aliphatic heterocycles. The fourth-order valence-electron chi connectivity index (χ4n) is 3.15. The number of ether oxygens (including phenoxy) is 3. The standard InChI is InChI=1S/C23H21NO4/c1-26-21-15-17(23-24-22(25)18-9-5-6-10-19(18)28-23)11-12-20(21)27-14-13-16-7-3-2-4-8-16/h2-12,15,23H,13-14H2,1H3,(H,24,25). The zero-order valence-corrected chi connectivity index (χ0v) is 15.6. The lowest BCUT2D eigenvalue weighted by Crippen LogP contribution is -2.36. The Morgan fingerprint density at radius 2 is 1.75 bits per heavy atom. The van der Waals surface area contributed by atoms with Gasteiger partial charge >= 0.3 is 0 Å². The molecule has 142 valence electrons. The van der Waals surface area contributed by atoms with Gasteiger partial charge in [-0.1, -0.05) is 42.5 Å². The summed E-state index contributed by atoms with van der Waals surface area (Å²) in [6.07, 6.45) is 0.235. The molecule has 1 aliphatic rings. The predicted molar refractivity (Wildman–Crippen MR) is 106 cm³/mol. The third-order valence-electron chi connectivity index (χ3n) is 4.62. The average molecular weight is 375 g/mol. The maximum atomic E-state index is 12.3. The first-order valence-corrected chi connectivity index (χ1v) is 9.16. The minimum atomic E-state index is -0.574. The van der Waals surface area contributed by atoms with E-state index in [2.05, 4.69) is 17.4 Å². The second-order valence-electron chi connectivity index (χ2n) is 6.46. The van der Waals surface area contributed by atoms with Crippen LogP contribution >= 0.6 is 0 Å². The fraction of sp³-hybridized carbons (Fsp3) is 0.174. The Morgan fingerprint density at radius 3 is 2.57 bits per heavy atom. The molecular weight excluding hydrogens is 354 g/mol. The fourth-order valence-corrected chi connectivity index (χ4v) is 3.15. The van der Waals surface area contributed by atoms with E-state index in [1.165, 1.54) is 5.56 Å². The zero-order valence-electron chi connectivity index (χ0n) is 15.6. The van der Waals surface area contributed by atoms with Crippen molar-refractivity contribution in [2.75, 3.05) is 13.7 Å². The summed E-state index contributed by atoms with van der Waals surface area (Å²) in [6.45, 7) is 0.545. The molecule has 0 saturated carbocycles.